The van der Waals surface area contributed by atoms with Gasteiger partial charge in [0.05, 0.1) is 18.6 Å². The number of fused-ring (bicyclic) bond motifs is 1. The first-order chi connectivity index (χ1) is 10.5. The van der Waals surface area contributed by atoms with E-state index >= 15 is 0 Å². The van der Waals surface area contributed by atoms with Crippen LogP contribution in [-0.2, 0) is 11.2 Å². The molecule has 1 heterocycles. The number of carbonyl (C=O) groups is 1. The minimum Gasteiger partial charge on any atom is -0.496 e. The molecule has 2 unspecified atom stereocenters. The maximum Gasteiger partial charge on any atom is 0.230 e. The maximum atomic E-state index is 13.0. The normalized spacial score (nSPS) is 28.1. The standard InChI is InChI=1S/C18H25NO3/c1-18(21)9-4-11-19(12-10-18)17(20)14-8-7-13-5-3-6-15(22-2)16(13)14/h3,5-6,14,21H,4,7-12H2,1-2H3. The van der Waals surface area contributed by atoms with Crippen molar-refractivity contribution in [3.8, 4) is 5.75 Å². The Hall–Kier alpha value is -1.55. The summed E-state index contributed by atoms with van der Waals surface area (Å²) in [6.07, 6.45) is 4.09. The summed E-state index contributed by atoms with van der Waals surface area (Å²) < 4.78 is 5.47. The molecule has 1 saturated heterocycles. The van der Waals surface area contributed by atoms with Gasteiger partial charge in [-0.25, -0.2) is 0 Å². The zero-order valence-corrected chi connectivity index (χ0v) is 13.5. The fourth-order valence-electron chi connectivity index (χ4n) is 3.78. The van der Waals surface area contributed by atoms with Gasteiger partial charge in [0.1, 0.15) is 5.75 Å². The van der Waals surface area contributed by atoms with Gasteiger partial charge in [-0.1, -0.05) is 12.1 Å². The summed E-state index contributed by atoms with van der Waals surface area (Å²) in [7, 11) is 1.67. The number of methoxy groups -OCH3 is 1. The topological polar surface area (TPSA) is 49.8 Å². The zero-order chi connectivity index (χ0) is 15.7. The van der Waals surface area contributed by atoms with Gasteiger partial charge in [0.2, 0.25) is 5.91 Å². The van der Waals surface area contributed by atoms with E-state index < -0.39 is 5.60 Å². The van der Waals surface area contributed by atoms with Gasteiger partial charge in [-0.2, -0.15) is 0 Å². The molecule has 1 N–H and O–H groups in total. The van der Waals surface area contributed by atoms with Crippen molar-refractivity contribution < 1.29 is 14.6 Å². The molecule has 0 bridgehead atoms. The third kappa shape index (κ3) is 2.84. The van der Waals surface area contributed by atoms with Gasteiger partial charge in [0, 0.05) is 18.7 Å². The Morgan fingerprint density at radius 3 is 2.95 bits per heavy atom. The molecule has 2 atom stereocenters. The number of rotatable bonds is 2. The Labute approximate surface area is 132 Å². The van der Waals surface area contributed by atoms with Crippen molar-refractivity contribution in [3.63, 3.8) is 0 Å². The van der Waals surface area contributed by atoms with Crippen molar-refractivity contribution in [2.45, 2.75) is 50.5 Å². The second-order valence-corrected chi connectivity index (χ2v) is 6.80. The van der Waals surface area contributed by atoms with E-state index in [1.165, 1.54) is 5.56 Å². The second-order valence-electron chi connectivity index (χ2n) is 6.80. The molecule has 1 aromatic rings. The summed E-state index contributed by atoms with van der Waals surface area (Å²) in [6.45, 7) is 3.26. The smallest absolute Gasteiger partial charge is 0.230 e. The SMILES string of the molecule is COc1cccc2c1C(C(=O)N1CCCC(C)(O)CC1)CC2. The lowest BCUT2D eigenvalue weighted by Gasteiger charge is -2.26. The van der Waals surface area contributed by atoms with Gasteiger partial charge in [-0.15, -0.1) is 0 Å². The van der Waals surface area contributed by atoms with Crippen LogP contribution < -0.4 is 4.74 Å². The number of carbonyl (C=O) groups excluding carboxylic acids is 1. The van der Waals surface area contributed by atoms with Gasteiger partial charge >= 0.3 is 0 Å². The average Bonchev–Trinajstić information content (AvgIpc) is 2.85. The van der Waals surface area contributed by atoms with E-state index in [1.54, 1.807) is 7.11 Å². The number of benzene rings is 1. The summed E-state index contributed by atoms with van der Waals surface area (Å²) in [4.78, 5) is 14.9. The minimum absolute atomic E-state index is 0.0887. The van der Waals surface area contributed by atoms with Crippen LogP contribution in [0.4, 0.5) is 0 Å². The van der Waals surface area contributed by atoms with Crippen molar-refractivity contribution in [3.05, 3.63) is 29.3 Å². The summed E-state index contributed by atoms with van der Waals surface area (Å²) in [5.74, 6) is 0.935. The maximum absolute atomic E-state index is 13.0. The van der Waals surface area contributed by atoms with E-state index in [1.807, 2.05) is 24.0 Å². The molecule has 0 saturated carbocycles. The highest BCUT2D eigenvalue weighted by Crippen LogP contribution is 2.40. The van der Waals surface area contributed by atoms with Crippen LogP contribution in [0.3, 0.4) is 0 Å². The van der Waals surface area contributed by atoms with E-state index in [2.05, 4.69) is 6.07 Å². The van der Waals surface area contributed by atoms with E-state index in [9.17, 15) is 9.90 Å². The summed E-state index contributed by atoms with van der Waals surface area (Å²) in [5, 5.41) is 10.2. The van der Waals surface area contributed by atoms with Gasteiger partial charge < -0.3 is 14.7 Å². The van der Waals surface area contributed by atoms with Crippen LogP contribution in [0, 0.1) is 0 Å². The van der Waals surface area contributed by atoms with E-state index in [4.69, 9.17) is 4.74 Å². The number of aryl methyl sites for hydroxylation is 1. The van der Waals surface area contributed by atoms with Crippen molar-refractivity contribution in [2.75, 3.05) is 20.2 Å². The van der Waals surface area contributed by atoms with Crippen LogP contribution >= 0.6 is 0 Å². The third-order valence-electron chi connectivity index (χ3n) is 5.10. The number of hydrogen-bond acceptors (Lipinski definition) is 3. The number of aliphatic hydroxyl groups is 1. The van der Waals surface area contributed by atoms with Gasteiger partial charge in [0.15, 0.2) is 0 Å². The molecule has 1 fully saturated rings. The predicted molar refractivity (Wildman–Crippen MR) is 85.1 cm³/mol. The highest BCUT2D eigenvalue weighted by atomic mass is 16.5. The zero-order valence-electron chi connectivity index (χ0n) is 13.5. The van der Waals surface area contributed by atoms with Crippen LogP contribution in [0.5, 0.6) is 5.75 Å². The molecule has 4 heteroatoms. The van der Waals surface area contributed by atoms with E-state index in [0.717, 1.165) is 43.5 Å². The molecule has 1 aromatic carbocycles. The first-order valence-electron chi connectivity index (χ1n) is 8.19. The molecular formula is C18H25NO3. The molecule has 120 valence electrons. The van der Waals surface area contributed by atoms with E-state index in [0.29, 0.717) is 13.0 Å². The van der Waals surface area contributed by atoms with Crippen LogP contribution in [0.25, 0.3) is 0 Å². The second kappa shape index (κ2) is 5.92. The first kappa shape index (κ1) is 15.3. The molecule has 1 aliphatic carbocycles. The molecular weight excluding hydrogens is 278 g/mol. The Balaban J connectivity index is 1.81. The van der Waals surface area contributed by atoms with Gasteiger partial charge in [-0.3, -0.25) is 4.79 Å². The fraction of sp³-hybridized carbons (Fsp3) is 0.611. The third-order valence-corrected chi connectivity index (χ3v) is 5.10. The number of ether oxygens (including phenoxy) is 1. The van der Waals surface area contributed by atoms with Crippen LogP contribution in [-0.4, -0.2) is 41.7 Å². The molecule has 3 rings (SSSR count). The highest BCUT2D eigenvalue weighted by Gasteiger charge is 2.36. The van der Waals surface area contributed by atoms with Crippen molar-refractivity contribution >= 4 is 5.91 Å². The largest absolute Gasteiger partial charge is 0.496 e. The van der Waals surface area contributed by atoms with Crippen molar-refractivity contribution in [1.29, 1.82) is 0 Å². The minimum atomic E-state index is -0.639. The summed E-state index contributed by atoms with van der Waals surface area (Å²) in [6, 6.07) is 6.03. The Kier molecular flexibility index (Phi) is 4.13. The Bertz CT molecular complexity index is 567. The number of hydrogen-bond donors (Lipinski definition) is 1. The van der Waals surface area contributed by atoms with Crippen molar-refractivity contribution in [2.24, 2.45) is 0 Å². The van der Waals surface area contributed by atoms with Crippen LogP contribution in [0.2, 0.25) is 0 Å². The lowest BCUT2D eigenvalue weighted by molar-refractivity contribution is -0.132. The van der Waals surface area contributed by atoms with Gasteiger partial charge in [-0.05, 0) is 50.7 Å². The average molecular weight is 303 g/mol. The number of amides is 1. The molecule has 2 aliphatic rings. The van der Waals surface area contributed by atoms with E-state index in [-0.39, 0.29) is 11.8 Å². The highest BCUT2D eigenvalue weighted by molar-refractivity contribution is 5.86. The van der Waals surface area contributed by atoms with Crippen LogP contribution in [0.1, 0.15) is 49.7 Å². The Morgan fingerprint density at radius 2 is 2.18 bits per heavy atom. The first-order valence-corrected chi connectivity index (χ1v) is 8.19. The lowest BCUT2D eigenvalue weighted by Crippen LogP contribution is -2.36. The molecule has 1 amide bonds. The van der Waals surface area contributed by atoms with Gasteiger partial charge in [0.25, 0.3) is 0 Å². The summed E-state index contributed by atoms with van der Waals surface area (Å²) >= 11 is 0. The molecule has 1 aliphatic heterocycles. The lowest BCUT2D eigenvalue weighted by atomic mass is 9.97. The number of likely N-dealkylation sites (tertiary alicyclic amines) is 1. The Morgan fingerprint density at radius 1 is 1.36 bits per heavy atom. The molecule has 0 spiro atoms. The molecule has 22 heavy (non-hydrogen) atoms. The molecule has 0 radical (unpaired) electrons. The van der Waals surface area contributed by atoms with Crippen molar-refractivity contribution in [1.82, 2.24) is 4.90 Å². The summed E-state index contributed by atoms with van der Waals surface area (Å²) in [5.41, 5.74) is 1.67. The predicted octanol–water partition coefficient (Wildman–Crippen LogP) is 2.49. The number of nitrogens with zero attached hydrogens (tertiary/aromatic N) is 1. The molecule has 4 nitrogen and oxygen atoms in total. The fourth-order valence-corrected chi connectivity index (χ4v) is 3.78. The quantitative estimate of drug-likeness (QED) is 0.913. The monoisotopic (exact) mass is 303 g/mol. The van der Waals surface area contributed by atoms with Crippen LogP contribution in [0.15, 0.2) is 18.2 Å². The molecule has 0 aromatic heterocycles.